The second kappa shape index (κ2) is 5.52. The van der Waals surface area contributed by atoms with Crippen LogP contribution in [0.2, 0.25) is 0 Å². The van der Waals surface area contributed by atoms with Gasteiger partial charge in [0, 0.05) is 6.20 Å². The predicted octanol–water partition coefficient (Wildman–Crippen LogP) is 2.12. The summed E-state index contributed by atoms with van der Waals surface area (Å²) in [6, 6.07) is 5.76. The van der Waals surface area contributed by atoms with Gasteiger partial charge in [0.15, 0.2) is 0 Å². The first-order valence-corrected chi connectivity index (χ1v) is 5.91. The van der Waals surface area contributed by atoms with Crippen LogP contribution >= 0.6 is 0 Å². The predicted molar refractivity (Wildman–Crippen MR) is 73.5 cm³/mol. The van der Waals surface area contributed by atoms with Gasteiger partial charge in [-0.1, -0.05) is 0 Å². The fourth-order valence-electron chi connectivity index (χ4n) is 1.92. The molecule has 0 saturated heterocycles. The fraction of sp³-hybridized carbons (Fsp3) is 0.231. The van der Waals surface area contributed by atoms with Crippen molar-refractivity contribution in [2.24, 2.45) is 0 Å². The minimum atomic E-state index is -0.687. The van der Waals surface area contributed by atoms with Crippen LogP contribution in [-0.2, 0) is 9.53 Å². The van der Waals surface area contributed by atoms with Gasteiger partial charge >= 0.3 is 11.7 Å². The molecule has 1 aromatic carbocycles. The van der Waals surface area contributed by atoms with Gasteiger partial charge < -0.3 is 10.1 Å². The zero-order valence-corrected chi connectivity index (χ0v) is 11.0. The van der Waals surface area contributed by atoms with E-state index < -0.39 is 16.9 Å². The standard InChI is InChI=1S/C13H13N3O4/c1-8(13(17)20-2)15-11-6-5-10-9(4-3-7-14-10)12(11)16(18)19/h3-8,15H,1-2H3. The number of anilines is 1. The first-order valence-electron chi connectivity index (χ1n) is 5.91. The summed E-state index contributed by atoms with van der Waals surface area (Å²) in [5.41, 5.74) is 0.676. The SMILES string of the molecule is COC(=O)C(C)Nc1ccc2ncccc2c1[N+](=O)[O-]. The number of fused-ring (bicyclic) bond motifs is 1. The molecule has 0 fully saturated rings. The van der Waals surface area contributed by atoms with Crippen molar-refractivity contribution in [2.75, 3.05) is 12.4 Å². The van der Waals surface area contributed by atoms with Crippen molar-refractivity contribution in [3.05, 3.63) is 40.6 Å². The monoisotopic (exact) mass is 275 g/mol. The Morgan fingerprint density at radius 3 is 2.85 bits per heavy atom. The Labute approximate surface area is 114 Å². The van der Waals surface area contributed by atoms with Crippen LogP contribution in [-0.4, -0.2) is 29.0 Å². The Bertz CT molecular complexity index is 672. The number of ether oxygens (including phenoxy) is 1. The van der Waals surface area contributed by atoms with Crippen LogP contribution in [0.5, 0.6) is 0 Å². The van der Waals surface area contributed by atoms with Crippen molar-refractivity contribution >= 4 is 28.2 Å². The number of nitrogens with zero attached hydrogens (tertiary/aromatic N) is 2. The lowest BCUT2D eigenvalue weighted by Crippen LogP contribution is -2.27. The van der Waals surface area contributed by atoms with Crippen molar-refractivity contribution in [3.8, 4) is 0 Å². The summed E-state index contributed by atoms with van der Waals surface area (Å²) < 4.78 is 4.59. The number of rotatable bonds is 4. The molecule has 0 radical (unpaired) electrons. The van der Waals surface area contributed by atoms with Crippen molar-refractivity contribution in [2.45, 2.75) is 13.0 Å². The molecule has 7 nitrogen and oxygen atoms in total. The second-order valence-electron chi connectivity index (χ2n) is 4.18. The van der Waals surface area contributed by atoms with Gasteiger partial charge in [-0.3, -0.25) is 15.1 Å². The van der Waals surface area contributed by atoms with Crippen molar-refractivity contribution in [1.82, 2.24) is 4.98 Å². The molecule has 1 aromatic heterocycles. The lowest BCUT2D eigenvalue weighted by molar-refractivity contribution is -0.382. The molecule has 0 bridgehead atoms. The van der Waals surface area contributed by atoms with E-state index in [-0.39, 0.29) is 11.4 Å². The van der Waals surface area contributed by atoms with Crippen LogP contribution in [0.1, 0.15) is 6.92 Å². The summed E-state index contributed by atoms with van der Waals surface area (Å²) in [4.78, 5) is 26.3. The van der Waals surface area contributed by atoms with Crippen LogP contribution in [0.25, 0.3) is 10.9 Å². The quantitative estimate of drug-likeness (QED) is 0.521. The van der Waals surface area contributed by atoms with Gasteiger partial charge in [0.2, 0.25) is 0 Å². The lowest BCUT2D eigenvalue weighted by Gasteiger charge is -2.13. The number of hydrogen-bond acceptors (Lipinski definition) is 6. The third-order valence-electron chi connectivity index (χ3n) is 2.87. The van der Waals surface area contributed by atoms with E-state index >= 15 is 0 Å². The van der Waals surface area contributed by atoms with Crippen LogP contribution in [0.4, 0.5) is 11.4 Å². The molecule has 0 amide bonds. The van der Waals surface area contributed by atoms with Gasteiger partial charge in [-0.2, -0.15) is 0 Å². The van der Waals surface area contributed by atoms with E-state index in [0.717, 1.165) is 0 Å². The van der Waals surface area contributed by atoms with Gasteiger partial charge in [0.05, 0.1) is 22.9 Å². The Hall–Kier alpha value is -2.70. The third-order valence-corrected chi connectivity index (χ3v) is 2.87. The molecule has 7 heteroatoms. The molecule has 1 unspecified atom stereocenters. The lowest BCUT2D eigenvalue weighted by atomic mass is 10.1. The van der Waals surface area contributed by atoms with Crippen LogP contribution in [0.15, 0.2) is 30.5 Å². The third kappa shape index (κ3) is 2.51. The van der Waals surface area contributed by atoms with E-state index in [1.165, 1.54) is 13.2 Å². The number of benzene rings is 1. The topological polar surface area (TPSA) is 94.4 Å². The maximum atomic E-state index is 11.4. The molecule has 2 rings (SSSR count). The average Bonchev–Trinajstić information content (AvgIpc) is 2.45. The van der Waals surface area contributed by atoms with Crippen LogP contribution in [0, 0.1) is 10.1 Å². The van der Waals surface area contributed by atoms with E-state index in [1.807, 2.05) is 0 Å². The summed E-state index contributed by atoms with van der Waals surface area (Å²) in [6.07, 6.45) is 1.57. The number of carbonyl (C=O) groups excluding carboxylic acids is 1. The largest absolute Gasteiger partial charge is 0.467 e. The summed E-state index contributed by atoms with van der Waals surface area (Å²) in [7, 11) is 1.26. The molecule has 0 spiro atoms. The molecule has 0 aliphatic carbocycles. The maximum absolute atomic E-state index is 11.4. The van der Waals surface area contributed by atoms with Crippen molar-refractivity contribution in [1.29, 1.82) is 0 Å². The van der Waals surface area contributed by atoms with E-state index in [1.54, 1.807) is 31.3 Å². The Balaban J connectivity index is 2.50. The highest BCUT2D eigenvalue weighted by Gasteiger charge is 2.22. The molecular weight excluding hydrogens is 262 g/mol. The number of methoxy groups -OCH3 is 1. The molecule has 1 N–H and O–H groups in total. The van der Waals surface area contributed by atoms with Gasteiger partial charge in [0.1, 0.15) is 11.7 Å². The molecule has 0 aliphatic rings. The molecule has 1 heterocycles. The molecular formula is C13H13N3O4. The number of pyridine rings is 1. The first kappa shape index (κ1) is 13.7. The molecule has 104 valence electrons. The van der Waals surface area contributed by atoms with Gasteiger partial charge in [-0.05, 0) is 31.2 Å². The molecule has 0 saturated carbocycles. The minimum Gasteiger partial charge on any atom is -0.467 e. The first-order chi connectivity index (χ1) is 9.54. The van der Waals surface area contributed by atoms with Gasteiger partial charge in [-0.15, -0.1) is 0 Å². The van der Waals surface area contributed by atoms with Gasteiger partial charge in [-0.25, -0.2) is 4.79 Å². The highest BCUT2D eigenvalue weighted by atomic mass is 16.6. The molecule has 20 heavy (non-hydrogen) atoms. The molecule has 0 aliphatic heterocycles. The zero-order valence-electron chi connectivity index (χ0n) is 11.0. The summed E-state index contributed by atoms with van der Waals surface area (Å²) in [6.45, 7) is 1.57. The minimum absolute atomic E-state index is 0.105. The second-order valence-corrected chi connectivity index (χ2v) is 4.18. The number of nitrogens with one attached hydrogen (secondary N) is 1. The van der Waals surface area contributed by atoms with Crippen molar-refractivity contribution < 1.29 is 14.5 Å². The fourth-order valence-corrected chi connectivity index (χ4v) is 1.92. The van der Waals surface area contributed by atoms with E-state index in [9.17, 15) is 14.9 Å². The number of aromatic nitrogens is 1. The van der Waals surface area contributed by atoms with Crippen LogP contribution < -0.4 is 5.32 Å². The number of nitro groups is 1. The average molecular weight is 275 g/mol. The highest BCUT2D eigenvalue weighted by molar-refractivity contribution is 5.95. The Morgan fingerprint density at radius 2 is 2.20 bits per heavy atom. The van der Waals surface area contributed by atoms with E-state index in [0.29, 0.717) is 10.9 Å². The summed E-state index contributed by atoms with van der Waals surface area (Å²) >= 11 is 0. The van der Waals surface area contributed by atoms with E-state index in [4.69, 9.17) is 0 Å². The Morgan fingerprint density at radius 1 is 1.45 bits per heavy atom. The number of carbonyl (C=O) groups is 1. The Kier molecular flexibility index (Phi) is 3.79. The molecule has 1 atom stereocenters. The maximum Gasteiger partial charge on any atom is 0.327 e. The van der Waals surface area contributed by atoms with E-state index in [2.05, 4.69) is 15.0 Å². The number of hydrogen-bond donors (Lipinski definition) is 1. The number of esters is 1. The summed E-state index contributed by atoms with van der Waals surface area (Å²) in [5, 5.41) is 14.5. The molecule has 2 aromatic rings. The van der Waals surface area contributed by atoms with Crippen molar-refractivity contribution in [3.63, 3.8) is 0 Å². The highest BCUT2D eigenvalue weighted by Crippen LogP contribution is 2.32. The smallest absolute Gasteiger partial charge is 0.327 e. The number of nitro benzene ring substituents is 1. The summed E-state index contributed by atoms with van der Waals surface area (Å²) in [5.74, 6) is -0.495. The van der Waals surface area contributed by atoms with Crippen LogP contribution in [0.3, 0.4) is 0 Å². The zero-order chi connectivity index (χ0) is 14.7. The van der Waals surface area contributed by atoms with Gasteiger partial charge in [0.25, 0.3) is 0 Å². The normalized spacial score (nSPS) is 11.9.